The molecule has 1 N–H and O–H groups in total. The Morgan fingerprint density at radius 3 is 2.26 bits per heavy atom. The van der Waals surface area contributed by atoms with Gasteiger partial charge in [-0.05, 0) is 55.2 Å². The van der Waals surface area contributed by atoms with Crippen LogP contribution in [0.25, 0.3) is 16.8 Å². The third kappa shape index (κ3) is 5.31. The molecule has 218 valence electrons. The molecule has 1 aliphatic heterocycles. The second-order valence-corrected chi connectivity index (χ2v) is 11.5. The highest BCUT2D eigenvalue weighted by molar-refractivity contribution is 5.99. The lowest BCUT2D eigenvalue weighted by molar-refractivity contribution is -0.175. The molecule has 2 amide bonds. The molecule has 2 aromatic heterocycles. The Kier molecular flexibility index (Phi) is 7.33. The van der Waals surface area contributed by atoms with Gasteiger partial charge in [0.1, 0.15) is 23.4 Å². The number of cyclic esters (lactones) is 1. The van der Waals surface area contributed by atoms with Gasteiger partial charge in [0.2, 0.25) is 0 Å². The van der Waals surface area contributed by atoms with E-state index in [2.05, 4.69) is 4.98 Å². The zero-order valence-corrected chi connectivity index (χ0v) is 24.3. The predicted molar refractivity (Wildman–Crippen MR) is 162 cm³/mol. The molecule has 0 saturated carbocycles. The molecule has 1 aliphatic rings. The van der Waals surface area contributed by atoms with Gasteiger partial charge in [-0.3, -0.25) is 4.79 Å². The van der Waals surface area contributed by atoms with Crippen molar-refractivity contribution >= 4 is 17.6 Å². The molecule has 6 rings (SSSR count). The Bertz CT molecular complexity index is 1720. The average molecular weight is 576 g/mol. The molecule has 0 unspecified atom stereocenters. The maximum atomic E-state index is 14.5. The minimum atomic E-state index is -1.90. The van der Waals surface area contributed by atoms with Gasteiger partial charge in [0.15, 0.2) is 5.60 Å². The molecule has 8 heteroatoms. The number of fused-ring (bicyclic) bond motifs is 1. The van der Waals surface area contributed by atoms with Gasteiger partial charge in [-0.2, -0.15) is 0 Å². The van der Waals surface area contributed by atoms with E-state index in [0.717, 1.165) is 27.2 Å². The highest BCUT2D eigenvalue weighted by Crippen LogP contribution is 2.44. The van der Waals surface area contributed by atoms with Crippen LogP contribution in [0.15, 0.2) is 116 Å². The first-order chi connectivity index (χ1) is 20.7. The number of carbonyl (C=O) groups is 2. The summed E-state index contributed by atoms with van der Waals surface area (Å²) < 4.78 is 13.8. The number of aliphatic hydroxyl groups excluding tert-OH is 1. The number of amides is 2. The lowest BCUT2D eigenvalue weighted by Crippen LogP contribution is -2.54. The van der Waals surface area contributed by atoms with Crippen molar-refractivity contribution in [3.63, 3.8) is 0 Å². The van der Waals surface area contributed by atoms with E-state index < -0.39 is 35.3 Å². The van der Waals surface area contributed by atoms with Crippen LogP contribution in [0.5, 0.6) is 0 Å². The van der Waals surface area contributed by atoms with Crippen LogP contribution in [0, 0.1) is 0 Å². The number of hydrogen-bond donors (Lipinski definition) is 1. The third-order valence-electron chi connectivity index (χ3n) is 8.01. The van der Waals surface area contributed by atoms with Crippen molar-refractivity contribution in [2.24, 2.45) is 0 Å². The fourth-order valence-electron chi connectivity index (χ4n) is 5.65. The molecule has 0 spiro atoms. The first-order valence-electron chi connectivity index (χ1n) is 14.2. The number of rotatable bonds is 8. The molecular weight excluding hydrogens is 542 g/mol. The minimum Gasteiger partial charge on any atom is -0.440 e. The average Bonchev–Trinajstić information content (AvgIpc) is 3.57. The van der Waals surface area contributed by atoms with Crippen LogP contribution in [0.2, 0.25) is 0 Å². The van der Waals surface area contributed by atoms with E-state index in [1.165, 1.54) is 6.92 Å². The van der Waals surface area contributed by atoms with Crippen molar-refractivity contribution in [3.8, 4) is 11.1 Å². The van der Waals surface area contributed by atoms with Gasteiger partial charge in [0.05, 0.1) is 12.3 Å². The number of pyridine rings is 1. The van der Waals surface area contributed by atoms with Crippen molar-refractivity contribution in [3.05, 3.63) is 132 Å². The van der Waals surface area contributed by atoms with E-state index in [0.29, 0.717) is 5.65 Å². The summed E-state index contributed by atoms with van der Waals surface area (Å²) in [5.74, 6) is -0.720. The van der Waals surface area contributed by atoms with Gasteiger partial charge >= 0.3 is 6.09 Å². The van der Waals surface area contributed by atoms with Gasteiger partial charge in [-0.1, -0.05) is 91.0 Å². The Labute approximate surface area is 250 Å². The van der Waals surface area contributed by atoms with E-state index in [1.807, 2.05) is 97.1 Å². The molecule has 43 heavy (non-hydrogen) atoms. The van der Waals surface area contributed by atoms with Gasteiger partial charge in [-0.25, -0.2) is 14.7 Å². The molecule has 1 saturated heterocycles. The summed E-state index contributed by atoms with van der Waals surface area (Å²) in [7, 11) is 0. The fraction of sp³-hybridized carbons (Fsp3) is 0.229. The van der Waals surface area contributed by atoms with Crippen molar-refractivity contribution < 1.29 is 24.2 Å². The molecule has 1 fully saturated rings. The maximum Gasteiger partial charge on any atom is 0.417 e. The summed E-state index contributed by atoms with van der Waals surface area (Å²) in [6, 6.07) is 31.8. The molecule has 3 atom stereocenters. The zero-order chi connectivity index (χ0) is 30.2. The van der Waals surface area contributed by atoms with Crippen LogP contribution < -0.4 is 0 Å². The number of aromatic nitrogens is 2. The largest absolute Gasteiger partial charge is 0.440 e. The second-order valence-electron chi connectivity index (χ2n) is 11.5. The van der Waals surface area contributed by atoms with Crippen molar-refractivity contribution in [2.45, 2.75) is 50.7 Å². The number of nitrogens with zero attached hydrogens (tertiary/aromatic N) is 3. The Morgan fingerprint density at radius 2 is 1.58 bits per heavy atom. The zero-order valence-electron chi connectivity index (χ0n) is 24.3. The van der Waals surface area contributed by atoms with Gasteiger partial charge in [0, 0.05) is 12.4 Å². The summed E-state index contributed by atoms with van der Waals surface area (Å²) in [4.78, 5) is 33.5. The molecule has 3 aromatic carbocycles. The number of imidazole rings is 1. The number of benzene rings is 3. The third-order valence-corrected chi connectivity index (χ3v) is 8.01. The maximum absolute atomic E-state index is 14.5. The van der Waals surface area contributed by atoms with Crippen LogP contribution in [-0.2, 0) is 20.9 Å². The second kappa shape index (κ2) is 11.1. The summed E-state index contributed by atoms with van der Waals surface area (Å²) in [6.07, 6.45) is 1.16. The lowest BCUT2D eigenvalue weighted by atomic mass is 9.88. The number of imide groups is 1. The fourth-order valence-corrected chi connectivity index (χ4v) is 5.65. The highest BCUT2D eigenvalue weighted by Gasteiger charge is 2.57. The van der Waals surface area contributed by atoms with Crippen molar-refractivity contribution in [2.75, 3.05) is 0 Å². The van der Waals surface area contributed by atoms with E-state index in [-0.39, 0.29) is 12.3 Å². The summed E-state index contributed by atoms with van der Waals surface area (Å²) in [6.45, 7) is 5.04. The van der Waals surface area contributed by atoms with Crippen molar-refractivity contribution in [1.29, 1.82) is 0 Å². The van der Waals surface area contributed by atoms with E-state index in [1.54, 1.807) is 36.7 Å². The topological polar surface area (TPSA) is 93.4 Å². The first kappa shape index (κ1) is 28.3. The lowest BCUT2D eigenvalue weighted by Gasteiger charge is -2.37. The Hall–Kier alpha value is -4.79. The van der Waals surface area contributed by atoms with Crippen LogP contribution in [0.4, 0.5) is 4.79 Å². The summed E-state index contributed by atoms with van der Waals surface area (Å²) in [5.41, 5.74) is 1.58. The highest BCUT2D eigenvalue weighted by atomic mass is 16.6. The predicted octanol–water partition coefficient (Wildman–Crippen LogP) is 6.51. The quantitative estimate of drug-likeness (QED) is 0.227. The molecular formula is C35H33N3O5. The van der Waals surface area contributed by atoms with E-state index in [9.17, 15) is 14.7 Å². The van der Waals surface area contributed by atoms with Crippen LogP contribution in [-0.4, -0.2) is 42.6 Å². The molecule has 3 heterocycles. The number of carbonyl (C=O) groups excluding carboxylic acids is 2. The number of aliphatic hydroxyl groups is 1. The number of hydrogen-bond acceptors (Lipinski definition) is 6. The smallest absolute Gasteiger partial charge is 0.417 e. The SMILES string of the molecule is CC1(C)OC(=O)N(C(=O)[C@@](C)(OCc2ccc(-c3ccccc3)cc2)[C@@H](O)c2cn3ccccc3n2)[C@H]1c1ccccc1. The van der Waals surface area contributed by atoms with Crippen LogP contribution in [0.3, 0.4) is 0 Å². The standard InChI is InChI=1S/C35H33N3O5/c1-34(2)30(27-14-8-5-9-15-27)38(33(41)43-34)32(40)35(3,31(39)28-22-37-21-11-10-16-29(37)36-28)42-23-24-17-19-26(20-18-24)25-12-6-4-7-13-25/h4-22,30-31,39H,23H2,1-3H3/t30-,31-,35-/m0/s1. The molecule has 5 aromatic rings. The first-order valence-corrected chi connectivity index (χ1v) is 14.2. The van der Waals surface area contributed by atoms with Gasteiger partial charge in [-0.15, -0.1) is 0 Å². The molecule has 0 radical (unpaired) electrons. The number of ether oxygens (including phenoxy) is 2. The van der Waals surface area contributed by atoms with Crippen LogP contribution in [0.1, 0.15) is 49.7 Å². The normalized spacial score (nSPS) is 18.3. The van der Waals surface area contributed by atoms with Crippen LogP contribution >= 0.6 is 0 Å². The van der Waals surface area contributed by atoms with Gasteiger partial charge in [0.25, 0.3) is 5.91 Å². The Morgan fingerprint density at radius 1 is 0.953 bits per heavy atom. The Balaban J connectivity index is 1.36. The molecule has 0 aliphatic carbocycles. The van der Waals surface area contributed by atoms with E-state index >= 15 is 0 Å². The van der Waals surface area contributed by atoms with Gasteiger partial charge < -0.3 is 19.0 Å². The minimum absolute atomic E-state index is 0.00399. The van der Waals surface area contributed by atoms with Crippen molar-refractivity contribution in [1.82, 2.24) is 14.3 Å². The summed E-state index contributed by atoms with van der Waals surface area (Å²) in [5, 5.41) is 11.8. The summed E-state index contributed by atoms with van der Waals surface area (Å²) >= 11 is 0. The monoisotopic (exact) mass is 575 g/mol. The molecule has 0 bridgehead atoms. The van der Waals surface area contributed by atoms with E-state index in [4.69, 9.17) is 9.47 Å². The molecule has 8 nitrogen and oxygen atoms in total.